The Morgan fingerprint density at radius 2 is 1.75 bits per heavy atom. The van der Waals surface area contributed by atoms with Crippen molar-refractivity contribution < 1.29 is 4.43 Å². The van der Waals surface area contributed by atoms with Gasteiger partial charge in [0.2, 0.25) is 0 Å². The lowest BCUT2D eigenvalue weighted by atomic mass is 10.2. The van der Waals surface area contributed by atoms with Crippen molar-refractivity contribution in [2.24, 2.45) is 5.92 Å². The Morgan fingerprint density at radius 3 is 2.25 bits per heavy atom. The second-order valence-corrected chi connectivity index (χ2v) is 8.80. The third-order valence-corrected chi connectivity index (χ3v) is 5.01. The van der Waals surface area contributed by atoms with Crippen molar-refractivity contribution in [2.75, 3.05) is 0 Å². The fourth-order valence-corrected chi connectivity index (χ4v) is 3.79. The second kappa shape index (κ2) is 5.35. The smallest absolute Gasteiger partial charge is 0.276 e. The van der Waals surface area contributed by atoms with Gasteiger partial charge in [0.05, 0.1) is 5.76 Å². The van der Waals surface area contributed by atoms with Crippen molar-refractivity contribution >= 4 is 13.5 Å². The molecule has 1 aromatic rings. The van der Waals surface area contributed by atoms with Crippen molar-refractivity contribution in [2.45, 2.75) is 33.9 Å². The first-order chi connectivity index (χ1) is 7.42. The maximum Gasteiger partial charge on any atom is 0.276 e. The fraction of sp³-hybridized carbons (Fsp3) is 0.429. The van der Waals surface area contributed by atoms with Crippen LogP contribution in [0.2, 0.25) is 13.1 Å². The van der Waals surface area contributed by atoms with Crippen LogP contribution in [0.1, 0.15) is 20.8 Å². The van der Waals surface area contributed by atoms with E-state index in [2.05, 4.69) is 64.2 Å². The van der Waals surface area contributed by atoms with Crippen molar-refractivity contribution in [3.05, 3.63) is 42.2 Å². The highest BCUT2D eigenvalue weighted by Gasteiger charge is 2.26. The van der Waals surface area contributed by atoms with E-state index in [9.17, 15) is 0 Å². The molecule has 0 bridgehead atoms. The summed E-state index contributed by atoms with van der Waals surface area (Å²) >= 11 is 0. The normalized spacial score (nSPS) is 13.0. The minimum absolute atomic E-state index is 0.542. The van der Waals surface area contributed by atoms with Gasteiger partial charge in [-0.1, -0.05) is 44.2 Å². The quantitative estimate of drug-likeness (QED) is 0.570. The molecule has 0 aliphatic carbocycles. The highest BCUT2D eigenvalue weighted by atomic mass is 28.4. The van der Waals surface area contributed by atoms with E-state index in [1.165, 1.54) is 5.19 Å². The predicted molar refractivity (Wildman–Crippen MR) is 73.2 cm³/mol. The molecule has 0 aliphatic heterocycles. The molecule has 1 rings (SSSR count). The van der Waals surface area contributed by atoms with Crippen molar-refractivity contribution in [3.8, 4) is 0 Å². The molecular weight excluding hydrogens is 212 g/mol. The summed E-state index contributed by atoms with van der Waals surface area (Å²) in [7, 11) is -1.78. The van der Waals surface area contributed by atoms with E-state index >= 15 is 0 Å². The molecule has 2 heteroatoms. The Morgan fingerprint density at radius 1 is 1.19 bits per heavy atom. The summed E-state index contributed by atoms with van der Waals surface area (Å²) in [5.41, 5.74) is 0. The molecule has 0 unspecified atom stereocenters. The largest absolute Gasteiger partial charge is 0.543 e. The van der Waals surface area contributed by atoms with Gasteiger partial charge in [-0.25, -0.2) is 0 Å². The van der Waals surface area contributed by atoms with E-state index in [1.807, 2.05) is 6.07 Å². The molecular formula is C14H22OSi. The zero-order valence-electron chi connectivity index (χ0n) is 10.9. The van der Waals surface area contributed by atoms with Crippen LogP contribution in [0.25, 0.3) is 0 Å². The highest BCUT2D eigenvalue weighted by Crippen LogP contribution is 2.12. The van der Waals surface area contributed by atoms with Crippen LogP contribution in [0, 0.1) is 5.92 Å². The van der Waals surface area contributed by atoms with E-state index in [0.717, 1.165) is 5.76 Å². The Kier molecular flexibility index (Phi) is 4.36. The molecule has 0 aromatic heterocycles. The summed E-state index contributed by atoms with van der Waals surface area (Å²) in [5.74, 6) is 1.59. The van der Waals surface area contributed by atoms with Crippen LogP contribution in [0.5, 0.6) is 0 Å². The minimum Gasteiger partial charge on any atom is -0.543 e. The molecule has 0 saturated heterocycles. The number of allylic oxidation sites excluding steroid dienone is 2. The number of benzene rings is 1. The lowest BCUT2D eigenvalue weighted by molar-refractivity contribution is 0.423. The summed E-state index contributed by atoms with van der Waals surface area (Å²) in [5, 5.41) is 1.34. The average Bonchev–Trinajstić information content (AvgIpc) is 2.16. The molecule has 0 amide bonds. The Bertz CT molecular complexity index is 352. The van der Waals surface area contributed by atoms with E-state index in [-0.39, 0.29) is 0 Å². The summed E-state index contributed by atoms with van der Waals surface area (Å²) in [6.07, 6.45) is 2.18. The van der Waals surface area contributed by atoms with Gasteiger partial charge in [0, 0.05) is 0 Å². The van der Waals surface area contributed by atoms with Crippen LogP contribution in [0.4, 0.5) is 0 Å². The molecule has 0 aliphatic rings. The molecule has 88 valence electrons. The molecule has 1 aromatic carbocycles. The topological polar surface area (TPSA) is 9.23 Å². The molecule has 0 N–H and O–H groups in total. The van der Waals surface area contributed by atoms with Crippen LogP contribution < -0.4 is 5.19 Å². The highest BCUT2D eigenvalue weighted by molar-refractivity contribution is 6.84. The Hall–Kier alpha value is -1.02. The Labute approximate surface area is 100 Å². The first-order valence-electron chi connectivity index (χ1n) is 5.85. The summed E-state index contributed by atoms with van der Waals surface area (Å²) < 4.78 is 6.13. The van der Waals surface area contributed by atoms with Gasteiger partial charge in [0.25, 0.3) is 8.32 Å². The van der Waals surface area contributed by atoms with Crippen molar-refractivity contribution in [1.82, 2.24) is 0 Å². The van der Waals surface area contributed by atoms with Gasteiger partial charge < -0.3 is 4.43 Å². The zero-order valence-corrected chi connectivity index (χ0v) is 11.9. The summed E-state index contributed by atoms with van der Waals surface area (Å²) in [6, 6.07) is 10.5. The maximum absolute atomic E-state index is 6.13. The number of hydrogen-bond acceptors (Lipinski definition) is 1. The van der Waals surface area contributed by atoms with Crippen LogP contribution in [-0.2, 0) is 4.43 Å². The summed E-state index contributed by atoms with van der Waals surface area (Å²) in [4.78, 5) is 0. The number of hydrogen-bond donors (Lipinski definition) is 0. The van der Waals surface area contributed by atoms with Gasteiger partial charge >= 0.3 is 0 Å². The van der Waals surface area contributed by atoms with Crippen LogP contribution in [0.3, 0.4) is 0 Å². The molecule has 0 atom stereocenters. The Balaban J connectivity index is 2.80. The third-order valence-electron chi connectivity index (χ3n) is 2.45. The molecule has 1 nitrogen and oxygen atoms in total. The van der Waals surface area contributed by atoms with Crippen molar-refractivity contribution in [3.63, 3.8) is 0 Å². The summed E-state index contributed by atoms with van der Waals surface area (Å²) in [6.45, 7) is 10.9. The van der Waals surface area contributed by atoms with Gasteiger partial charge in [-0.05, 0) is 37.2 Å². The molecule has 0 spiro atoms. The average molecular weight is 234 g/mol. The van der Waals surface area contributed by atoms with Crippen LogP contribution in [-0.4, -0.2) is 8.32 Å². The molecule has 0 heterocycles. The standard InChI is InChI=1S/C14H22OSi/c1-12(2)11-13(3)15-16(4,5)14-9-7-6-8-10-14/h6-12H,1-5H3/b13-11+. The number of rotatable bonds is 4. The molecule has 0 radical (unpaired) electrons. The van der Waals surface area contributed by atoms with Gasteiger partial charge in [0.15, 0.2) is 0 Å². The van der Waals surface area contributed by atoms with E-state index in [0.29, 0.717) is 5.92 Å². The lowest BCUT2D eigenvalue weighted by Gasteiger charge is -2.25. The van der Waals surface area contributed by atoms with Gasteiger partial charge in [0.1, 0.15) is 0 Å². The third kappa shape index (κ3) is 3.85. The van der Waals surface area contributed by atoms with Crippen LogP contribution >= 0.6 is 0 Å². The maximum atomic E-state index is 6.13. The SMILES string of the molecule is C/C(=C\C(C)C)O[Si](C)(C)c1ccccc1. The lowest BCUT2D eigenvalue weighted by Crippen LogP contribution is -2.44. The van der Waals surface area contributed by atoms with Gasteiger partial charge in [-0.15, -0.1) is 0 Å². The molecule has 0 saturated carbocycles. The van der Waals surface area contributed by atoms with Gasteiger partial charge in [-0.2, -0.15) is 0 Å². The second-order valence-electron chi connectivity index (χ2n) is 5.00. The van der Waals surface area contributed by atoms with Crippen molar-refractivity contribution in [1.29, 1.82) is 0 Å². The van der Waals surface area contributed by atoms with E-state index < -0.39 is 8.32 Å². The predicted octanol–water partition coefficient (Wildman–Crippen LogP) is 3.68. The van der Waals surface area contributed by atoms with Crippen LogP contribution in [0.15, 0.2) is 42.2 Å². The van der Waals surface area contributed by atoms with E-state index in [4.69, 9.17) is 4.43 Å². The van der Waals surface area contributed by atoms with Gasteiger partial charge in [-0.3, -0.25) is 0 Å². The monoisotopic (exact) mass is 234 g/mol. The van der Waals surface area contributed by atoms with E-state index in [1.54, 1.807) is 0 Å². The minimum atomic E-state index is -1.78. The zero-order chi connectivity index (χ0) is 12.2. The first kappa shape index (κ1) is 13.0. The first-order valence-corrected chi connectivity index (χ1v) is 8.75. The molecule has 16 heavy (non-hydrogen) atoms. The molecule has 0 fully saturated rings. The fourth-order valence-electron chi connectivity index (χ4n) is 1.80.